The number of halogens is 3. The first kappa shape index (κ1) is 37.0. The number of hydrogen-bond acceptors (Lipinski definition) is 6. The second-order valence-corrected chi connectivity index (χ2v) is 14.2. The van der Waals surface area contributed by atoms with E-state index < -0.39 is 32.5 Å². The minimum atomic E-state index is -4.86. The summed E-state index contributed by atoms with van der Waals surface area (Å²) in [6, 6.07) is 8.09. The molecule has 226 valence electrons. The number of carbonyl (C=O) groups excluding carboxylic acids is 1. The zero-order valence-electron chi connectivity index (χ0n) is 24.5. The molecule has 11 heteroatoms. The summed E-state index contributed by atoms with van der Waals surface area (Å²) >= 11 is 0. The van der Waals surface area contributed by atoms with Crippen molar-refractivity contribution in [2.45, 2.75) is 97.7 Å². The third-order valence-electron chi connectivity index (χ3n) is 6.28. The van der Waals surface area contributed by atoms with E-state index in [1.807, 2.05) is 31.2 Å². The maximum Gasteiger partial charge on any atom is 0.489 e. The SMILES string of the molecule is C1CCOC1.CCCC[Si](C)(C)OC(=O)C(F)(F)F.CCN(CC)CC.O=C(O)C1Cc2ccccc2CN1. The van der Waals surface area contributed by atoms with E-state index in [-0.39, 0.29) is 0 Å². The molecular formula is C28H49F3N2O5Si. The van der Waals surface area contributed by atoms with Gasteiger partial charge < -0.3 is 24.5 Å². The van der Waals surface area contributed by atoms with Gasteiger partial charge in [0.2, 0.25) is 8.32 Å². The molecule has 3 rings (SSSR count). The second kappa shape index (κ2) is 20.0. The molecule has 1 atom stereocenters. The Bertz CT molecular complexity index is 804. The topological polar surface area (TPSA) is 88.1 Å². The molecule has 0 amide bonds. The van der Waals surface area contributed by atoms with Crippen LogP contribution >= 0.6 is 0 Å². The number of ether oxygens (including phenoxy) is 1. The van der Waals surface area contributed by atoms with E-state index in [4.69, 9.17) is 9.84 Å². The molecule has 2 aliphatic rings. The normalized spacial score (nSPS) is 16.4. The number of fused-ring (bicyclic) bond motifs is 1. The third-order valence-corrected chi connectivity index (χ3v) is 8.58. The van der Waals surface area contributed by atoms with Crippen LogP contribution in [0, 0.1) is 0 Å². The fourth-order valence-corrected chi connectivity index (χ4v) is 5.70. The number of benzene rings is 1. The van der Waals surface area contributed by atoms with Crippen molar-refractivity contribution in [3.05, 3.63) is 35.4 Å². The number of unbranched alkanes of at least 4 members (excludes halogenated alkanes) is 1. The van der Waals surface area contributed by atoms with Crippen molar-refractivity contribution in [3.8, 4) is 0 Å². The quantitative estimate of drug-likeness (QED) is 0.364. The number of carboxylic acids is 1. The Labute approximate surface area is 233 Å². The standard InChI is InChI=1S/C10H11NO2.C8H15F3O2Si.C6H15N.C4H8O/c12-10(13)9-5-7-3-1-2-4-8(7)6-11-9;1-4-5-6-14(2,3)13-7(12)8(9,10)11;1-4-7(5-2)6-3;1-2-4-5-3-1/h1-4,9,11H,5-6H2,(H,12,13);4-6H2,1-3H3;4-6H2,1-3H3;1-4H2. The lowest BCUT2D eigenvalue weighted by atomic mass is 9.96. The first-order valence-corrected chi connectivity index (χ1v) is 17.1. The number of alkyl halides is 3. The van der Waals surface area contributed by atoms with Crippen molar-refractivity contribution in [2.75, 3.05) is 32.8 Å². The number of carboxylic acid groups (broad SMARTS) is 1. The van der Waals surface area contributed by atoms with Crippen molar-refractivity contribution in [3.63, 3.8) is 0 Å². The Morgan fingerprint density at radius 2 is 1.59 bits per heavy atom. The van der Waals surface area contributed by atoms with Crippen molar-refractivity contribution in [1.82, 2.24) is 10.2 Å². The molecule has 0 spiro atoms. The third kappa shape index (κ3) is 17.4. The molecule has 1 fully saturated rings. The van der Waals surface area contributed by atoms with Gasteiger partial charge in [0.15, 0.2) is 0 Å². The van der Waals surface area contributed by atoms with E-state index in [1.54, 1.807) is 13.1 Å². The van der Waals surface area contributed by atoms with E-state index in [1.165, 1.54) is 38.0 Å². The van der Waals surface area contributed by atoms with Gasteiger partial charge in [-0.25, -0.2) is 4.79 Å². The Morgan fingerprint density at radius 3 is 1.97 bits per heavy atom. The van der Waals surface area contributed by atoms with Crippen molar-refractivity contribution in [1.29, 1.82) is 0 Å². The molecular weight excluding hydrogens is 529 g/mol. The Morgan fingerprint density at radius 1 is 1.05 bits per heavy atom. The fourth-order valence-electron chi connectivity index (χ4n) is 3.77. The van der Waals surface area contributed by atoms with Crippen LogP contribution in [0.4, 0.5) is 13.2 Å². The van der Waals surface area contributed by atoms with E-state index in [0.717, 1.165) is 31.6 Å². The number of carbonyl (C=O) groups is 2. The zero-order chi connectivity index (χ0) is 29.9. The number of hydrogen-bond donors (Lipinski definition) is 2. The van der Waals surface area contributed by atoms with Gasteiger partial charge in [0.1, 0.15) is 6.04 Å². The number of rotatable bonds is 8. The molecule has 2 N–H and O–H groups in total. The van der Waals surface area contributed by atoms with E-state index in [2.05, 4.69) is 35.4 Å². The van der Waals surface area contributed by atoms with Crippen LogP contribution in [0.15, 0.2) is 24.3 Å². The summed E-state index contributed by atoms with van der Waals surface area (Å²) in [5.74, 6) is -2.82. The summed E-state index contributed by atoms with van der Waals surface area (Å²) in [4.78, 5) is 23.6. The van der Waals surface area contributed by atoms with Gasteiger partial charge in [-0.3, -0.25) is 4.79 Å². The van der Waals surface area contributed by atoms with Crippen LogP contribution in [-0.2, 0) is 31.7 Å². The van der Waals surface area contributed by atoms with Gasteiger partial charge in [-0.2, -0.15) is 13.2 Å². The van der Waals surface area contributed by atoms with Gasteiger partial charge in [0.05, 0.1) is 0 Å². The van der Waals surface area contributed by atoms with Crippen LogP contribution < -0.4 is 5.32 Å². The highest BCUT2D eigenvalue weighted by Crippen LogP contribution is 2.22. The summed E-state index contributed by atoms with van der Waals surface area (Å²) in [7, 11) is -2.47. The minimum absolute atomic E-state index is 0.421. The Hall–Kier alpha value is -1.95. The average molecular weight is 579 g/mol. The number of nitrogens with zero attached hydrogens (tertiary/aromatic N) is 1. The lowest BCUT2D eigenvalue weighted by Gasteiger charge is -2.22. The molecule has 1 aromatic carbocycles. The molecule has 1 unspecified atom stereocenters. The maximum atomic E-state index is 11.8. The monoisotopic (exact) mass is 578 g/mol. The van der Waals surface area contributed by atoms with E-state index in [0.29, 0.717) is 19.0 Å². The molecule has 39 heavy (non-hydrogen) atoms. The highest BCUT2D eigenvalue weighted by atomic mass is 28.4. The van der Waals surface area contributed by atoms with Gasteiger partial charge in [0.25, 0.3) is 0 Å². The molecule has 1 aromatic rings. The molecule has 1 saturated heterocycles. The zero-order valence-corrected chi connectivity index (χ0v) is 25.5. The largest absolute Gasteiger partial charge is 0.513 e. The van der Waals surface area contributed by atoms with E-state index >= 15 is 0 Å². The summed E-state index contributed by atoms with van der Waals surface area (Å²) < 4.78 is 45.0. The van der Waals surface area contributed by atoms with Gasteiger partial charge >= 0.3 is 18.1 Å². The van der Waals surface area contributed by atoms with Crippen molar-refractivity contribution in [2.24, 2.45) is 0 Å². The van der Waals surface area contributed by atoms with Crippen LogP contribution in [0.1, 0.15) is 64.5 Å². The Balaban J connectivity index is 0.000000529. The summed E-state index contributed by atoms with van der Waals surface area (Å²) in [5, 5.41) is 11.8. The molecule has 2 heterocycles. The molecule has 0 aliphatic carbocycles. The first-order chi connectivity index (χ1) is 18.3. The fraction of sp³-hybridized carbons (Fsp3) is 0.714. The molecule has 2 aliphatic heterocycles. The molecule has 0 saturated carbocycles. The van der Waals surface area contributed by atoms with Crippen LogP contribution in [0.5, 0.6) is 0 Å². The Kier molecular flexibility index (Phi) is 19.0. The molecule has 0 bridgehead atoms. The highest BCUT2D eigenvalue weighted by Gasteiger charge is 2.44. The second-order valence-electron chi connectivity index (χ2n) is 9.93. The van der Waals surface area contributed by atoms with Crippen LogP contribution in [0.25, 0.3) is 0 Å². The highest BCUT2D eigenvalue weighted by molar-refractivity contribution is 6.72. The summed E-state index contributed by atoms with van der Waals surface area (Å²) in [5.41, 5.74) is 2.36. The lowest BCUT2D eigenvalue weighted by Crippen LogP contribution is -2.41. The van der Waals surface area contributed by atoms with E-state index in [9.17, 15) is 22.8 Å². The first-order valence-electron chi connectivity index (χ1n) is 13.9. The van der Waals surface area contributed by atoms with Crippen LogP contribution in [0.2, 0.25) is 19.1 Å². The molecule has 0 radical (unpaired) electrons. The number of nitrogens with one attached hydrogen (secondary N) is 1. The smallest absolute Gasteiger partial charge is 0.489 e. The number of aliphatic carboxylic acids is 1. The average Bonchev–Trinajstić information content (AvgIpc) is 3.49. The van der Waals surface area contributed by atoms with Crippen LogP contribution in [0.3, 0.4) is 0 Å². The van der Waals surface area contributed by atoms with Gasteiger partial charge in [-0.1, -0.05) is 64.8 Å². The van der Waals surface area contributed by atoms with Gasteiger partial charge in [0, 0.05) is 19.8 Å². The maximum absolute atomic E-state index is 11.8. The van der Waals surface area contributed by atoms with Crippen LogP contribution in [-0.4, -0.2) is 75.3 Å². The van der Waals surface area contributed by atoms with Gasteiger partial charge in [-0.15, -0.1) is 0 Å². The summed E-state index contributed by atoms with van der Waals surface area (Å²) in [6.45, 7) is 18.0. The molecule has 7 nitrogen and oxygen atoms in total. The minimum Gasteiger partial charge on any atom is -0.513 e. The summed E-state index contributed by atoms with van der Waals surface area (Å²) in [6.07, 6.45) is -0.0354. The van der Waals surface area contributed by atoms with Crippen molar-refractivity contribution < 1.29 is 37.0 Å². The predicted molar refractivity (Wildman–Crippen MR) is 151 cm³/mol. The predicted octanol–water partition coefficient (Wildman–Crippen LogP) is 6.03. The van der Waals surface area contributed by atoms with Crippen molar-refractivity contribution >= 4 is 20.3 Å². The lowest BCUT2D eigenvalue weighted by molar-refractivity contribution is -0.190. The van der Waals surface area contributed by atoms with Gasteiger partial charge in [-0.05, 0) is 69.2 Å². The molecule has 0 aromatic heterocycles.